The molecule has 1 aliphatic heterocycles. The van der Waals surface area contributed by atoms with Crippen molar-refractivity contribution in [2.45, 2.75) is 0 Å². The van der Waals surface area contributed by atoms with Crippen LogP contribution in [0.25, 0.3) is 5.69 Å². The highest BCUT2D eigenvalue weighted by Crippen LogP contribution is 2.26. The Morgan fingerprint density at radius 3 is 2.54 bits per heavy atom. The maximum absolute atomic E-state index is 12.3. The number of nitrogens with one attached hydrogen (secondary N) is 1. The van der Waals surface area contributed by atoms with Crippen molar-refractivity contribution in [3.63, 3.8) is 0 Å². The SMILES string of the molecule is COC(=O)c1ccc(-n2c(N)c3c(cc2=O)C(=O)NC3=O)cc1O. The average Bonchev–Trinajstić information content (AvgIpc) is 2.81. The summed E-state index contributed by atoms with van der Waals surface area (Å²) in [4.78, 5) is 47.2. The summed E-state index contributed by atoms with van der Waals surface area (Å²) in [6.45, 7) is 0. The van der Waals surface area contributed by atoms with E-state index in [1.54, 1.807) is 0 Å². The van der Waals surface area contributed by atoms with Crippen molar-refractivity contribution in [2.24, 2.45) is 0 Å². The van der Waals surface area contributed by atoms with Crippen LogP contribution in [0.4, 0.5) is 5.82 Å². The minimum absolute atomic E-state index is 0.0954. The van der Waals surface area contributed by atoms with Gasteiger partial charge in [0.25, 0.3) is 17.4 Å². The van der Waals surface area contributed by atoms with E-state index < -0.39 is 29.1 Å². The third kappa shape index (κ3) is 2.10. The van der Waals surface area contributed by atoms with Gasteiger partial charge in [-0.2, -0.15) is 0 Å². The van der Waals surface area contributed by atoms with Gasteiger partial charge in [0.2, 0.25) is 0 Å². The second-order valence-electron chi connectivity index (χ2n) is 4.97. The second-order valence-corrected chi connectivity index (χ2v) is 4.97. The molecule has 9 nitrogen and oxygen atoms in total. The molecular weight excluding hydrogens is 318 g/mol. The first-order chi connectivity index (χ1) is 11.3. The van der Waals surface area contributed by atoms with Crippen LogP contribution in [0.3, 0.4) is 0 Å². The Bertz CT molecular complexity index is 976. The van der Waals surface area contributed by atoms with Crippen molar-refractivity contribution in [1.82, 2.24) is 9.88 Å². The first-order valence-corrected chi connectivity index (χ1v) is 6.68. The van der Waals surface area contributed by atoms with Gasteiger partial charge in [0.05, 0.1) is 23.9 Å². The summed E-state index contributed by atoms with van der Waals surface area (Å²) in [5.41, 5.74) is 5.02. The summed E-state index contributed by atoms with van der Waals surface area (Å²) in [5.74, 6) is -2.83. The predicted molar refractivity (Wildman–Crippen MR) is 81.3 cm³/mol. The molecule has 2 heterocycles. The number of nitrogens with zero attached hydrogens (tertiary/aromatic N) is 1. The lowest BCUT2D eigenvalue weighted by Gasteiger charge is -2.13. The molecular formula is C15H11N3O6. The first-order valence-electron chi connectivity index (χ1n) is 6.68. The Morgan fingerprint density at radius 1 is 1.21 bits per heavy atom. The molecule has 1 aromatic carbocycles. The number of nitrogens with two attached hydrogens (primary N) is 1. The van der Waals surface area contributed by atoms with E-state index in [9.17, 15) is 24.3 Å². The Hall–Kier alpha value is -3.62. The maximum atomic E-state index is 12.3. The summed E-state index contributed by atoms with van der Waals surface area (Å²) >= 11 is 0. The largest absolute Gasteiger partial charge is 0.507 e. The van der Waals surface area contributed by atoms with Gasteiger partial charge in [0.1, 0.15) is 17.1 Å². The minimum Gasteiger partial charge on any atom is -0.507 e. The molecule has 9 heteroatoms. The molecule has 24 heavy (non-hydrogen) atoms. The fourth-order valence-corrected chi connectivity index (χ4v) is 2.49. The smallest absolute Gasteiger partial charge is 0.341 e. The topological polar surface area (TPSA) is 141 Å². The molecule has 0 spiro atoms. The number of aromatic hydroxyl groups is 1. The minimum atomic E-state index is -0.752. The highest BCUT2D eigenvalue weighted by atomic mass is 16.5. The van der Waals surface area contributed by atoms with Gasteiger partial charge in [0.15, 0.2) is 0 Å². The fourth-order valence-electron chi connectivity index (χ4n) is 2.49. The van der Waals surface area contributed by atoms with Gasteiger partial charge in [-0.15, -0.1) is 0 Å². The molecule has 3 rings (SSSR count). The molecule has 4 N–H and O–H groups in total. The second kappa shape index (κ2) is 5.23. The average molecular weight is 329 g/mol. The van der Waals surface area contributed by atoms with Crippen molar-refractivity contribution >= 4 is 23.6 Å². The number of ether oxygens (including phenoxy) is 1. The number of phenols is 1. The van der Waals surface area contributed by atoms with E-state index in [2.05, 4.69) is 10.1 Å². The molecule has 1 aliphatic rings. The van der Waals surface area contributed by atoms with Crippen LogP contribution in [0.5, 0.6) is 5.75 Å². The van der Waals surface area contributed by atoms with Gasteiger partial charge in [0, 0.05) is 12.1 Å². The molecule has 122 valence electrons. The Balaban J connectivity index is 2.22. The third-order valence-electron chi connectivity index (χ3n) is 3.60. The van der Waals surface area contributed by atoms with Crippen molar-refractivity contribution in [3.8, 4) is 11.4 Å². The highest BCUT2D eigenvalue weighted by Gasteiger charge is 2.32. The number of methoxy groups -OCH3 is 1. The van der Waals surface area contributed by atoms with Crippen molar-refractivity contribution < 1.29 is 24.2 Å². The van der Waals surface area contributed by atoms with Crippen LogP contribution in [-0.4, -0.2) is 34.6 Å². The number of nitrogen functional groups attached to an aromatic ring is 1. The van der Waals surface area contributed by atoms with Crippen LogP contribution in [0, 0.1) is 0 Å². The lowest BCUT2D eigenvalue weighted by Crippen LogP contribution is -2.24. The molecule has 0 saturated heterocycles. The number of hydrogen-bond donors (Lipinski definition) is 3. The summed E-state index contributed by atoms with van der Waals surface area (Å²) in [7, 11) is 1.16. The summed E-state index contributed by atoms with van der Waals surface area (Å²) < 4.78 is 5.47. The third-order valence-corrected chi connectivity index (χ3v) is 3.60. The van der Waals surface area contributed by atoms with Gasteiger partial charge >= 0.3 is 5.97 Å². The van der Waals surface area contributed by atoms with Crippen molar-refractivity contribution in [2.75, 3.05) is 12.8 Å². The molecule has 0 unspecified atom stereocenters. The van der Waals surface area contributed by atoms with Crippen LogP contribution in [0.15, 0.2) is 29.1 Å². The Labute approximate surface area is 134 Å². The Morgan fingerprint density at radius 2 is 1.92 bits per heavy atom. The zero-order chi connectivity index (χ0) is 17.6. The molecule has 0 atom stereocenters. The van der Waals surface area contributed by atoms with Gasteiger partial charge in [-0.1, -0.05) is 0 Å². The first kappa shape index (κ1) is 15.3. The number of amides is 2. The number of esters is 1. The summed E-state index contributed by atoms with van der Waals surface area (Å²) in [6, 6.07) is 4.72. The molecule has 0 aliphatic carbocycles. The summed E-state index contributed by atoms with van der Waals surface area (Å²) in [6.07, 6.45) is 0. The number of fused-ring (bicyclic) bond motifs is 1. The lowest BCUT2D eigenvalue weighted by molar-refractivity contribution is 0.0597. The number of carbonyl (C=O) groups is 3. The van der Waals surface area contributed by atoms with E-state index in [4.69, 9.17) is 5.73 Å². The van der Waals surface area contributed by atoms with E-state index in [0.29, 0.717) is 0 Å². The van der Waals surface area contributed by atoms with Crippen LogP contribution in [0.1, 0.15) is 31.1 Å². The molecule has 0 radical (unpaired) electrons. The molecule has 2 aromatic rings. The Kier molecular flexibility index (Phi) is 3.33. The number of carbonyl (C=O) groups excluding carboxylic acids is 3. The van der Waals surface area contributed by atoms with Crippen LogP contribution in [-0.2, 0) is 4.74 Å². The normalized spacial score (nSPS) is 12.7. The van der Waals surface area contributed by atoms with E-state index in [0.717, 1.165) is 23.8 Å². The van der Waals surface area contributed by atoms with E-state index in [1.807, 2.05) is 0 Å². The highest BCUT2D eigenvalue weighted by molar-refractivity contribution is 6.23. The van der Waals surface area contributed by atoms with E-state index in [-0.39, 0.29) is 28.2 Å². The number of benzene rings is 1. The zero-order valence-corrected chi connectivity index (χ0v) is 12.3. The quantitative estimate of drug-likeness (QED) is 0.511. The zero-order valence-electron chi connectivity index (χ0n) is 12.3. The standard InChI is InChI=1S/C15H11N3O6/c1-24-15(23)7-3-2-6(4-9(7)19)18-10(20)5-8-11(12(18)16)14(22)17-13(8)21/h2-5,19H,16H2,1H3,(H,17,21,22). The lowest BCUT2D eigenvalue weighted by atomic mass is 10.1. The molecule has 0 fully saturated rings. The molecule has 0 saturated carbocycles. The van der Waals surface area contributed by atoms with Gasteiger partial charge < -0.3 is 15.6 Å². The number of aromatic nitrogens is 1. The van der Waals surface area contributed by atoms with Crippen molar-refractivity contribution in [1.29, 1.82) is 0 Å². The van der Waals surface area contributed by atoms with Gasteiger partial charge in [-0.25, -0.2) is 4.79 Å². The number of pyridine rings is 1. The van der Waals surface area contributed by atoms with Crippen LogP contribution < -0.4 is 16.6 Å². The number of anilines is 1. The van der Waals surface area contributed by atoms with Crippen LogP contribution in [0.2, 0.25) is 0 Å². The molecule has 0 bridgehead atoms. The number of hydrogen-bond acceptors (Lipinski definition) is 7. The van der Waals surface area contributed by atoms with E-state index >= 15 is 0 Å². The van der Waals surface area contributed by atoms with Crippen molar-refractivity contribution in [3.05, 3.63) is 51.3 Å². The van der Waals surface area contributed by atoms with Crippen LogP contribution >= 0.6 is 0 Å². The molecule has 2 amide bonds. The van der Waals surface area contributed by atoms with Gasteiger partial charge in [-0.05, 0) is 12.1 Å². The maximum Gasteiger partial charge on any atom is 0.341 e. The van der Waals surface area contributed by atoms with E-state index in [1.165, 1.54) is 12.1 Å². The van der Waals surface area contributed by atoms with Gasteiger partial charge in [-0.3, -0.25) is 24.3 Å². The summed E-state index contributed by atoms with van der Waals surface area (Å²) in [5, 5.41) is 12.0. The fraction of sp³-hybridized carbons (Fsp3) is 0.0667. The number of rotatable bonds is 2. The number of imide groups is 1. The molecule has 1 aromatic heterocycles. The number of phenolic OH excluding ortho intramolecular Hbond substituents is 1. The monoisotopic (exact) mass is 329 g/mol. The predicted octanol–water partition coefficient (Wildman–Crippen LogP) is -0.204.